The summed E-state index contributed by atoms with van der Waals surface area (Å²) in [6, 6.07) is 3.24. The molecule has 1 N–H and O–H groups in total. The van der Waals surface area contributed by atoms with Gasteiger partial charge in [0.2, 0.25) is 0 Å². The van der Waals surface area contributed by atoms with Crippen LogP contribution < -0.4 is 5.32 Å². The topological polar surface area (TPSA) is 77.4 Å². The number of halogens is 2. The minimum absolute atomic E-state index is 0.270. The normalized spacial score (nSPS) is 22.5. The first kappa shape index (κ1) is 15.9. The van der Waals surface area contributed by atoms with Gasteiger partial charge in [-0.1, -0.05) is 0 Å². The number of aromatic nitrogens is 1. The van der Waals surface area contributed by atoms with Crippen LogP contribution >= 0.6 is 23.2 Å². The molecule has 1 atom stereocenters. The van der Waals surface area contributed by atoms with Gasteiger partial charge in [-0.3, -0.25) is 19.7 Å². The summed E-state index contributed by atoms with van der Waals surface area (Å²) in [6.45, 7) is 0.997. The maximum atomic E-state index is 11.8. The van der Waals surface area contributed by atoms with Gasteiger partial charge in [-0.05, 0) is 19.1 Å². The van der Waals surface area contributed by atoms with E-state index in [2.05, 4.69) is 5.32 Å². The van der Waals surface area contributed by atoms with Crippen LogP contribution in [0.15, 0.2) is 18.3 Å². The zero-order valence-corrected chi connectivity index (χ0v) is 13.0. The molecule has 6 nitrogen and oxygen atoms in total. The van der Waals surface area contributed by atoms with E-state index < -0.39 is 34.1 Å². The van der Waals surface area contributed by atoms with Crippen LogP contribution in [0.25, 0.3) is 0 Å². The van der Waals surface area contributed by atoms with Gasteiger partial charge in [0.05, 0.1) is 0 Å². The van der Waals surface area contributed by atoms with Gasteiger partial charge in [0.15, 0.2) is 6.61 Å². The highest BCUT2D eigenvalue weighted by Crippen LogP contribution is 2.64. The monoisotopic (exact) mass is 332 g/mol. The third kappa shape index (κ3) is 3.06. The highest BCUT2D eigenvalue weighted by Gasteiger charge is 2.69. The third-order valence-corrected chi connectivity index (χ3v) is 4.57. The summed E-state index contributed by atoms with van der Waals surface area (Å²) in [5.74, 6) is -1.94. The van der Waals surface area contributed by atoms with Crippen LogP contribution in [0.1, 0.15) is 23.8 Å². The first-order valence-corrected chi connectivity index (χ1v) is 6.93. The SMILES string of the molecule is Cn1cccc1C(=O)NC(=O)COC(=O)[C@]1(C)CC1(Cl)Cl. The van der Waals surface area contributed by atoms with Crippen molar-refractivity contribution in [3.8, 4) is 0 Å². The summed E-state index contributed by atoms with van der Waals surface area (Å²) in [6.07, 6.45) is 1.94. The van der Waals surface area contributed by atoms with E-state index in [1.807, 2.05) is 0 Å². The van der Waals surface area contributed by atoms with Crippen molar-refractivity contribution < 1.29 is 19.1 Å². The van der Waals surface area contributed by atoms with Gasteiger partial charge in [0.25, 0.3) is 11.8 Å². The average molecular weight is 333 g/mol. The Morgan fingerprint density at radius 3 is 2.52 bits per heavy atom. The summed E-state index contributed by atoms with van der Waals surface area (Å²) < 4.78 is 5.25. The Morgan fingerprint density at radius 1 is 1.43 bits per heavy atom. The Labute approximate surface area is 131 Å². The van der Waals surface area contributed by atoms with E-state index >= 15 is 0 Å². The first-order valence-electron chi connectivity index (χ1n) is 6.18. The van der Waals surface area contributed by atoms with E-state index in [0.717, 1.165) is 0 Å². The Balaban J connectivity index is 1.82. The largest absolute Gasteiger partial charge is 0.455 e. The first-order chi connectivity index (χ1) is 9.67. The number of aryl methyl sites for hydroxylation is 1. The van der Waals surface area contributed by atoms with Crippen LogP contribution in [0.5, 0.6) is 0 Å². The molecule has 1 aromatic heterocycles. The minimum atomic E-state index is -1.15. The van der Waals surface area contributed by atoms with E-state index in [-0.39, 0.29) is 6.42 Å². The number of esters is 1. The second kappa shape index (κ2) is 5.35. The van der Waals surface area contributed by atoms with Crippen LogP contribution in [-0.4, -0.2) is 33.3 Å². The number of carbonyl (C=O) groups excluding carboxylic acids is 3. The number of ether oxygens (including phenoxy) is 1. The zero-order valence-electron chi connectivity index (χ0n) is 11.5. The summed E-state index contributed by atoms with van der Waals surface area (Å²) >= 11 is 11.7. The number of hydrogen-bond donors (Lipinski definition) is 1. The number of imide groups is 1. The van der Waals surface area contributed by atoms with Crippen LogP contribution in [0.3, 0.4) is 0 Å². The molecule has 1 fully saturated rings. The fraction of sp³-hybridized carbons (Fsp3) is 0.462. The number of rotatable bonds is 4. The van der Waals surface area contributed by atoms with Crippen molar-refractivity contribution in [3.05, 3.63) is 24.0 Å². The van der Waals surface area contributed by atoms with E-state index in [9.17, 15) is 14.4 Å². The van der Waals surface area contributed by atoms with Crippen molar-refractivity contribution in [2.75, 3.05) is 6.61 Å². The van der Waals surface area contributed by atoms with Crippen molar-refractivity contribution in [2.24, 2.45) is 12.5 Å². The summed E-state index contributed by atoms with van der Waals surface area (Å²) in [4.78, 5) is 35.1. The fourth-order valence-corrected chi connectivity index (χ4v) is 2.52. The Kier molecular flexibility index (Phi) is 4.04. The molecule has 21 heavy (non-hydrogen) atoms. The van der Waals surface area contributed by atoms with Gasteiger partial charge < -0.3 is 9.30 Å². The molecule has 0 spiro atoms. The van der Waals surface area contributed by atoms with Crippen LogP contribution in [-0.2, 0) is 21.4 Å². The van der Waals surface area contributed by atoms with E-state index in [1.165, 1.54) is 0 Å². The molecule has 0 saturated heterocycles. The highest BCUT2D eigenvalue weighted by molar-refractivity contribution is 6.53. The molecule has 0 aliphatic heterocycles. The lowest BCUT2D eigenvalue weighted by Crippen LogP contribution is -2.36. The molecule has 2 amide bonds. The molecule has 1 aliphatic rings. The van der Waals surface area contributed by atoms with Crippen molar-refractivity contribution >= 4 is 41.0 Å². The maximum Gasteiger partial charge on any atom is 0.315 e. The summed E-state index contributed by atoms with van der Waals surface area (Å²) in [5, 5.41) is 2.13. The molecule has 0 unspecified atom stereocenters. The number of nitrogens with one attached hydrogen (secondary N) is 1. The molecule has 8 heteroatoms. The average Bonchev–Trinajstić information content (AvgIpc) is 2.73. The Hall–Kier alpha value is -1.53. The second-order valence-corrected chi connectivity index (χ2v) is 6.66. The van der Waals surface area contributed by atoms with Gasteiger partial charge in [0.1, 0.15) is 15.4 Å². The highest BCUT2D eigenvalue weighted by atomic mass is 35.5. The third-order valence-electron chi connectivity index (χ3n) is 3.47. The summed E-state index contributed by atoms with van der Waals surface area (Å²) in [7, 11) is 1.67. The standard InChI is InChI=1S/C13H14Cl2N2O4/c1-12(7-13(12,14)15)11(20)21-6-9(18)16-10(19)8-4-3-5-17(8)2/h3-5H,6-7H2,1-2H3,(H,16,18,19)/t12-/m0/s1. The van der Waals surface area contributed by atoms with Gasteiger partial charge >= 0.3 is 5.97 Å². The van der Waals surface area contributed by atoms with E-state index in [1.54, 1.807) is 36.9 Å². The molecule has 0 radical (unpaired) electrons. The predicted octanol–water partition coefficient (Wildman–Crippen LogP) is 1.41. The number of hydrogen-bond acceptors (Lipinski definition) is 4. The molecule has 114 valence electrons. The van der Waals surface area contributed by atoms with Crippen molar-refractivity contribution in [3.63, 3.8) is 0 Å². The van der Waals surface area contributed by atoms with Gasteiger partial charge in [-0.15, -0.1) is 23.2 Å². The Morgan fingerprint density at radius 2 is 2.05 bits per heavy atom. The molecule has 1 saturated carbocycles. The molecular weight excluding hydrogens is 319 g/mol. The second-order valence-electron chi connectivity index (χ2n) is 5.17. The molecule has 1 aromatic rings. The molecule has 0 aromatic carbocycles. The quantitative estimate of drug-likeness (QED) is 0.668. The lowest BCUT2D eigenvalue weighted by molar-refractivity contribution is -0.153. The molecule has 0 bridgehead atoms. The van der Waals surface area contributed by atoms with Crippen LogP contribution in [0.2, 0.25) is 0 Å². The number of amides is 2. The van der Waals surface area contributed by atoms with E-state index in [4.69, 9.17) is 27.9 Å². The minimum Gasteiger partial charge on any atom is -0.455 e. The lowest BCUT2D eigenvalue weighted by Gasteiger charge is -2.11. The van der Waals surface area contributed by atoms with Crippen molar-refractivity contribution in [1.29, 1.82) is 0 Å². The van der Waals surface area contributed by atoms with Crippen molar-refractivity contribution in [1.82, 2.24) is 9.88 Å². The van der Waals surface area contributed by atoms with Crippen LogP contribution in [0.4, 0.5) is 0 Å². The lowest BCUT2D eigenvalue weighted by atomic mass is 10.1. The Bertz CT molecular complexity index is 611. The number of alkyl halides is 2. The van der Waals surface area contributed by atoms with Gasteiger partial charge in [-0.2, -0.15) is 0 Å². The van der Waals surface area contributed by atoms with Gasteiger partial charge in [0, 0.05) is 19.7 Å². The summed E-state index contributed by atoms with van der Waals surface area (Å²) in [5.41, 5.74) is -0.678. The molecule has 2 rings (SSSR count). The molecular formula is C13H14Cl2N2O4. The van der Waals surface area contributed by atoms with Crippen LogP contribution in [0, 0.1) is 5.41 Å². The number of nitrogens with zero attached hydrogens (tertiary/aromatic N) is 1. The fourth-order valence-electron chi connectivity index (χ4n) is 1.84. The maximum absolute atomic E-state index is 11.8. The van der Waals surface area contributed by atoms with E-state index in [0.29, 0.717) is 5.69 Å². The van der Waals surface area contributed by atoms with Crippen molar-refractivity contribution in [2.45, 2.75) is 17.7 Å². The smallest absolute Gasteiger partial charge is 0.315 e. The van der Waals surface area contributed by atoms with Gasteiger partial charge in [-0.25, -0.2) is 0 Å². The molecule has 1 aliphatic carbocycles. The predicted molar refractivity (Wildman–Crippen MR) is 76.0 cm³/mol. The number of carbonyl (C=O) groups is 3. The molecule has 1 heterocycles. The zero-order chi connectivity index (χ0) is 15.8.